The molecule has 1 rings (SSSR count). The van der Waals surface area contributed by atoms with Crippen molar-refractivity contribution in [2.75, 3.05) is 7.05 Å². The zero-order valence-electron chi connectivity index (χ0n) is 12.7. The topological polar surface area (TPSA) is 69.6 Å². The Bertz CT molecular complexity index is 369. The molecule has 1 fully saturated rings. The van der Waals surface area contributed by atoms with Gasteiger partial charge in [0.25, 0.3) is 0 Å². The van der Waals surface area contributed by atoms with Crippen molar-refractivity contribution < 1.29 is 14.7 Å². The van der Waals surface area contributed by atoms with Crippen molar-refractivity contribution in [2.45, 2.75) is 58.0 Å². The normalized spacial score (nSPS) is 19.9. The number of carbonyl (C=O) groups is 2. The van der Waals surface area contributed by atoms with Crippen molar-refractivity contribution >= 4 is 12.0 Å². The van der Waals surface area contributed by atoms with Gasteiger partial charge in [-0.2, -0.15) is 0 Å². The monoisotopic (exact) mass is 282 g/mol. The number of nitrogens with one attached hydrogen (secondary N) is 1. The highest BCUT2D eigenvalue weighted by Crippen LogP contribution is 2.36. The molecule has 114 valence electrons. The van der Waals surface area contributed by atoms with Crippen molar-refractivity contribution in [1.82, 2.24) is 10.2 Å². The molecule has 2 N–H and O–H groups in total. The van der Waals surface area contributed by atoms with E-state index in [0.717, 1.165) is 25.7 Å². The van der Waals surface area contributed by atoms with Crippen molar-refractivity contribution in [1.29, 1.82) is 0 Å². The molecule has 5 nitrogen and oxygen atoms in total. The molecule has 1 saturated carbocycles. The number of rotatable bonds is 5. The van der Waals surface area contributed by atoms with E-state index < -0.39 is 12.0 Å². The van der Waals surface area contributed by atoms with Crippen LogP contribution in [0.2, 0.25) is 0 Å². The number of hydrogen-bond donors (Lipinski definition) is 2. The molecule has 20 heavy (non-hydrogen) atoms. The summed E-state index contributed by atoms with van der Waals surface area (Å²) in [5.41, 5.74) is 0.347. The number of aliphatic carboxylic acids is 1. The van der Waals surface area contributed by atoms with Gasteiger partial charge in [0.1, 0.15) is 6.04 Å². The van der Waals surface area contributed by atoms with Crippen LogP contribution in [-0.2, 0) is 4.79 Å². The minimum Gasteiger partial charge on any atom is -0.480 e. The maximum absolute atomic E-state index is 12.1. The summed E-state index contributed by atoms with van der Waals surface area (Å²) < 4.78 is 0. The summed E-state index contributed by atoms with van der Waals surface area (Å²) in [5, 5.41) is 11.6. The highest BCUT2D eigenvalue weighted by Gasteiger charge is 2.31. The minimum atomic E-state index is -1.03. The summed E-state index contributed by atoms with van der Waals surface area (Å²) in [6, 6.07) is -1.02. The van der Waals surface area contributed by atoms with E-state index in [-0.39, 0.29) is 18.5 Å². The molecule has 1 unspecified atom stereocenters. The molecule has 0 heterocycles. The summed E-state index contributed by atoms with van der Waals surface area (Å²) >= 11 is 0. The lowest BCUT2D eigenvalue weighted by Crippen LogP contribution is -2.50. The van der Waals surface area contributed by atoms with Gasteiger partial charge in [0.05, 0.1) is 0 Å². The van der Waals surface area contributed by atoms with E-state index in [1.807, 2.05) is 0 Å². The Morgan fingerprint density at radius 2 is 2.00 bits per heavy atom. The molecule has 1 atom stereocenters. The maximum atomic E-state index is 12.1. The molecule has 0 aromatic rings. The molecule has 0 radical (unpaired) electrons. The molecule has 0 aliphatic heterocycles. The van der Waals surface area contributed by atoms with Crippen molar-refractivity contribution in [3.63, 3.8) is 0 Å². The zero-order valence-corrected chi connectivity index (χ0v) is 12.7. The summed E-state index contributed by atoms with van der Waals surface area (Å²) in [6.07, 6.45) is 5.84. The Morgan fingerprint density at radius 3 is 2.45 bits per heavy atom. The van der Waals surface area contributed by atoms with Crippen LogP contribution in [0.1, 0.15) is 46.0 Å². The molecule has 0 aromatic heterocycles. The van der Waals surface area contributed by atoms with Gasteiger partial charge in [-0.15, -0.1) is 6.58 Å². The third-order valence-electron chi connectivity index (χ3n) is 4.17. The number of urea groups is 1. The molecular formula is C15H26N2O3. The van der Waals surface area contributed by atoms with E-state index in [0.29, 0.717) is 5.41 Å². The second-order valence-electron chi connectivity index (χ2n) is 6.37. The van der Waals surface area contributed by atoms with Crippen LogP contribution in [-0.4, -0.2) is 41.1 Å². The van der Waals surface area contributed by atoms with Gasteiger partial charge < -0.3 is 15.3 Å². The fourth-order valence-corrected chi connectivity index (χ4v) is 2.58. The highest BCUT2D eigenvalue weighted by molar-refractivity contribution is 5.82. The van der Waals surface area contributed by atoms with Gasteiger partial charge in [-0.25, -0.2) is 9.59 Å². The summed E-state index contributed by atoms with van der Waals surface area (Å²) in [4.78, 5) is 24.8. The Hall–Kier alpha value is -1.52. The van der Waals surface area contributed by atoms with Gasteiger partial charge in [-0.3, -0.25) is 0 Å². The van der Waals surface area contributed by atoms with Crippen LogP contribution in [0.5, 0.6) is 0 Å². The predicted molar refractivity (Wildman–Crippen MR) is 78.6 cm³/mol. The average Bonchev–Trinajstić information content (AvgIpc) is 2.37. The third-order valence-corrected chi connectivity index (χ3v) is 4.17. The minimum absolute atomic E-state index is 0.196. The third kappa shape index (κ3) is 4.54. The van der Waals surface area contributed by atoms with Gasteiger partial charge in [-0.05, 0) is 37.5 Å². The van der Waals surface area contributed by atoms with E-state index in [1.165, 1.54) is 6.08 Å². The number of hydrogen-bond acceptors (Lipinski definition) is 2. The number of nitrogens with zero attached hydrogens (tertiary/aromatic N) is 1. The van der Waals surface area contributed by atoms with Crippen LogP contribution in [0.15, 0.2) is 12.7 Å². The van der Waals surface area contributed by atoms with E-state index in [1.54, 1.807) is 11.9 Å². The molecule has 0 aromatic carbocycles. The number of carboxylic acid groups (broad SMARTS) is 1. The van der Waals surface area contributed by atoms with Crippen LogP contribution in [0, 0.1) is 5.41 Å². The average molecular weight is 282 g/mol. The van der Waals surface area contributed by atoms with Crippen LogP contribution in [0.25, 0.3) is 0 Å². The second kappa shape index (κ2) is 6.77. The predicted octanol–water partition coefficient (Wildman–Crippen LogP) is 2.63. The SMILES string of the molecule is C=CCC(NC(=O)N(C)C1CCC(C)(C)CC1)C(=O)O. The first kappa shape index (κ1) is 16.5. The Balaban J connectivity index is 2.54. The smallest absolute Gasteiger partial charge is 0.326 e. The quantitative estimate of drug-likeness (QED) is 0.762. The molecule has 0 bridgehead atoms. The lowest BCUT2D eigenvalue weighted by molar-refractivity contribution is -0.139. The number of amides is 2. The molecule has 2 amide bonds. The Labute approximate surface area is 121 Å². The van der Waals surface area contributed by atoms with E-state index in [4.69, 9.17) is 5.11 Å². The van der Waals surface area contributed by atoms with Gasteiger partial charge in [0.2, 0.25) is 0 Å². The van der Waals surface area contributed by atoms with E-state index in [9.17, 15) is 9.59 Å². The summed E-state index contributed by atoms with van der Waals surface area (Å²) in [6.45, 7) is 8.00. The second-order valence-corrected chi connectivity index (χ2v) is 6.37. The lowest BCUT2D eigenvalue weighted by atomic mass is 9.75. The zero-order chi connectivity index (χ0) is 15.3. The number of carboxylic acids is 1. The first-order valence-corrected chi connectivity index (χ1v) is 7.14. The maximum Gasteiger partial charge on any atom is 0.326 e. The number of carbonyl (C=O) groups excluding carboxylic acids is 1. The van der Waals surface area contributed by atoms with Gasteiger partial charge >= 0.3 is 12.0 Å². The molecule has 1 aliphatic carbocycles. The van der Waals surface area contributed by atoms with Crippen LogP contribution >= 0.6 is 0 Å². The molecule has 5 heteroatoms. The van der Waals surface area contributed by atoms with Crippen LogP contribution in [0.4, 0.5) is 4.79 Å². The van der Waals surface area contributed by atoms with Gasteiger partial charge in [-0.1, -0.05) is 19.9 Å². The lowest BCUT2D eigenvalue weighted by Gasteiger charge is -2.38. The molecule has 0 spiro atoms. The van der Waals surface area contributed by atoms with E-state index >= 15 is 0 Å². The summed E-state index contributed by atoms with van der Waals surface area (Å²) in [7, 11) is 1.74. The highest BCUT2D eigenvalue weighted by atomic mass is 16.4. The fraction of sp³-hybridized carbons (Fsp3) is 0.733. The van der Waals surface area contributed by atoms with Crippen LogP contribution in [0.3, 0.4) is 0 Å². The first-order valence-electron chi connectivity index (χ1n) is 7.14. The molecular weight excluding hydrogens is 256 g/mol. The Kier molecular flexibility index (Phi) is 5.60. The van der Waals surface area contributed by atoms with Gasteiger partial charge in [0.15, 0.2) is 0 Å². The largest absolute Gasteiger partial charge is 0.480 e. The van der Waals surface area contributed by atoms with Gasteiger partial charge in [0, 0.05) is 13.1 Å². The fourth-order valence-electron chi connectivity index (χ4n) is 2.58. The Morgan fingerprint density at radius 1 is 1.45 bits per heavy atom. The van der Waals surface area contributed by atoms with Crippen molar-refractivity contribution in [3.8, 4) is 0 Å². The van der Waals surface area contributed by atoms with Crippen LogP contribution < -0.4 is 5.32 Å². The first-order chi connectivity index (χ1) is 9.26. The van der Waals surface area contributed by atoms with Crippen molar-refractivity contribution in [3.05, 3.63) is 12.7 Å². The van der Waals surface area contributed by atoms with E-state index in [2.05, 4.69) is 25.7 Å². The molecule has 1 aliphatic rings. The molecule has 0 saturated heterocycles. The standard InChI is InChI=1S/C15H26N2O3/c1-5-6-12(13(18)19)16-14(20)17(4)11-7-9-15(2,3)10-8-11/h5,11-12H,1,6-10H2,2-4H3,(H,16,20)(H,18,19). The summed E-state index contributed by atoms with van der Waals surface area (Å²) in [5.74, 6) is -1.03. The van der Waals surface area contributed by atoms with Crippen molar-refractivity contribution in [2.24, 2.45) is 5.41 Å².